The lowest BCUT2D eigenvalue weighted by Gasteiger charge is -2.17. The number of hydrogen-bond acceptors (Lipinski definition) is 4. The zero-order valence-electron chi connectivity index (χ0n) is 10.8. The van der Waals surface area contributed by atoms with Crippen LogP contribution in [0, 0.1) is 0 Å². The molecule has 4 nitrogen and oxygen atoms in total. The summed E-state index contributed by atoms with van der Waals surface area (Å²) in [4.78, 5) is 14.5. The molecule has 1 rings (SSSR count). The van der Waals surface area contributed by atoms with Gasteiger partial charge in [-0.25, -0.2) is 9.78 Å². The molecule has 0 radical (unpaired) electrons. The summed E-state index contributed by atoms with van der Waals surface area (Å²) in [6.45, 7) is 1.26. The lowest BCUT2D eigenvalue weighted by Crippen LogP contribution is -2.23. The molecule has 0 saturated carbocycles. The minimum absolute atomic E-state index is 0.142. The monoisotopic (exact) mass is 351 g/mol. The van der Waals surface area contributed by atoms with Crippen LogP contribution >= 0.6 is 11.6 Å². The average Bonchev–Trinajstić information content (AvgIpc) is 2.35. The van der Waals surface area contributed by atoms with E-state index >= 15 is 0 Å². The van der Waals surface area contributed by atoms with Crippen LogP contribution in [0.1, 0.15) is 28.7 Å². The normalized spacial score (nSPS) is 12.2. The Morgan fingerprint density at radius 3 is 2.27 bits per heavy atom. The molecule has 0 unspecified atom stereocenters. The first-order valence-corrected chi connectivity index (χ1v) is 6.13. The molecule has 0 spiro atoms. The number of carbonyl (C=O) groups is 1. The van der Waals surface area contributed by atoms with Crippen molar-refractivity contribution in [3.63, 3.8) is 0 Å². The Kier molecular flexibility index (Phi) is 5.49. The van der Waals surface area contributed by atoms with Gasteiger partial charge in [-0.15, -0.1) is 24.8 Å². The Hall–Kier alpha value is -1.71. The predicted molar refractivity (Wildman–Crippen MR) is 61.4 cm³/mol. The number of pyridine rings is 1. The average molecular weight is 352 g/mol. The number of nitrogens with zero attached hydrogens (tertiary/aromatic N) is 1. The molecule has 124 valence electrons. The van der Waals surface area contributed by atoms with Gasteiger partial charge in [0.05, 0.1) is 23.7 Å². The fourth-order valence-electron chi connectivity index (χ4n) is 1.43. The number of aromatic nitrogens is 1. The van der Waals surface area contributed by atoms with Crippen molar-refractivity contribution in [3.05, 3.63) is 23.0 Å². The van der Waals surface area contributed by atoms with Crippen LogP contribution in [0.15, 0.2) is 6.07 Å². The van der Waals surface area contributed by atoms with E-state index in [0.29, 0.717) is 0 Å². The molecule has 0 atom stereocenters. The maximum Gasteiger partial charge on any atom is 0.573 e. The third-order valence-electron chi connectivity index (χ3n) is 2.18. The summed E-state index contributed by atoms with van der Waals surface area (Å²) in [7, 11) is 0. The Morgan fingerprint density at radius 1 is 1.27 bits per heavy atom. The van der Waals surface area contributed by atoms with E-state index in [4.69, 9.17) is 11.6 Å². The van der Waals surface area contributed by atoms with Crippen LogP contribution in [0.25, 0.3) is 0 Å². The van der Waals surface area contributed by atoms with Crippen molar-refractivity contribution in [1.82, 2.24) is 4.98 Å². The lowest BCUT2D eigenvalue weighted by molar-refractivity contribution is -0.276. The van der Waals surface area contributed by atoms with E-state index in [1.165, 1.54) is 6.92 Å². The van der Waals surface area contributed by atoms with Gasteiger partial charge in [0, 0.05) is 0 Å². The van der Waals surface area contributed by atoms with Crippen LogP contribution in [0.3, 0.4) is 0 Å². The van der Waals surface area contributed by atoms with Crippen LogP contribution in [-0.2, 0) is 16.8 Å². The van der Waals surface area contributed by atoms with Crippen LogP contribution in [-0.4, -0.2) is 23.9 Å². The van der Waals surface area contributed by atoms with Crippen LogP contribution in [0.2, 0.25) is 0 Å². The molecular weight excluding hydrogens is 344 g/mol. The Balaban J connectivity index is 3.49. The van der Waals surface area contributed by atoms with E-state index in [-0.39, 0.29) is 12.7 Å². The van der Waals surface area contributed by atoms with Crippen molar-refractivity contribution in [1.29, 1.82) is 0 Å². The third kappa shape index (κ3) is 4.65. The minimum Gasteiger partial charge on any atom is -0.462 e. The molecule has 0 fully saturated rings. The molecule has 0 N–H and O–H groups in total. The molecule has 1 heterocycles. The summed E-state index contributed by atoms with van der Waals surface area (Å²) in [5.41, 5.74) is -3.14. The molecule has 0 bridgehead atoms. The van der Waals surface area contributed by atoms with E-state index in [1.807, 2.05) is 0 Å². The minimum atomic E-state index is -5.39. The van der Waals surface area contributed by atoms with Gasteiger partial charge in [0.2, 0.25) is 0 Å². The summed E-state index contributed by atoms with van der Waals surface area (Å²) in [5.74, 6) is -3.45. The molecule has 0 amide bonds. The number of ether oxygens (including phenoxy) is 2. The van der Waals surface area contributed by atoms with E-state index in [0.717, 1.165) is 0 Å². The number of halogens is 7. The molecule has 0 aliphatic heterocycles. The smallest absolute Gasteiger partial charge is 0.462 e. The molecule has 22 heavy (non-hydrogen) atoms. The van der Waals surface area contributed by atoms with E-state index in [9.17, 15) is 31.1 Å². The second-order valence-corrected chi connectivity index (χ2v) is 4.00. The SMILES string of the molecule is CCOC(=O)c1cc(OC(F)(F)F)c(C(F)(F)F)nc1CCl. The second-order valence-electron chi connectivity index (χ2n) is 3.73. The molecule has 11 heteroatoms. The van der Waals surface area contributed by atoms with Gasteiger partial charge in [-0.05, 0) is 13.0 Å². The predicted octanol–water partition coefficient (Wildman–Crippen LogP) is 3.91. The first-order valence-electron chi connectivity index (χ1n) is 5.59. The van der Waals surface area contributed by atoms with Gasteiger partial charge in [0.25, 0.3) is 0 Å². The van der Waals surface area contributed by atoms with Gasteiger partial charge in [0.15, 0.2) is 11.4 Å². The van der Waals surface area contributed by atoms with Gasteiger partial charge in [0.1, 0.15) is 0 Å². The summed E-state index contributed by atoms with van der Waals surface area (Å²) >= 11 is 5.38. The number of rotatable bonds is 4. The topological polar surface area (TPSA) is 48.4 Å². The van der Waals surface area contributed by atoms with Gasteiger partial charge in [-0.3, -0.25) is 0 Å². The van der Waals surface area contributed by atoms with Crippen LogP contribution in [0.4, 0.5) is 26.3 Å². The molecule has 1 aromatic heterocycles. The van der Waals surface area contributed by atoms with Crippen molar-refractivity contribution in [3.8, 4) is 5.75 Å². The quantitative estimate of drug-likeness (QED) is 0.469. The highest BCUT2D eigenvalue weighted by Crippen LogP contribution is 2.38. The molecule has 0 aliphatic carbocycles. The van der Waals surface area contributed by atoms with Crippen LogP contribution < -0.4 is 4.74 Å². The number of carbonyl (C=O) groups excluding carboxylic acids is 1. The molecule has 1 aromatic rings. The fraction of sp³-hybridized carbons (Fsp3) is 0.455. The number of hydrogen-bond donors (Lipinski definition) is 0. The third-order valence-corrected chi connectivity index (χ3v) is 2.44. The molecule has 0 aromatic carbocycles. The van der Waals surface area contributed by atoms with E-state index in [2.05, 4.69) is 14.5 Å². The Labute approximate surface area is 125 Å². The zero-order chi connectivity index (χ0) is 17.1. The number of alkyl halides is 7. The summed E-state index contributed by atoms with van der Waals surface area (Å²) in [6, 6.07) is 0.263. The largest absolute Gasteiger partial charge is 0.573 e. The van der Waals surface area contributed by atoms with Crippen LogP contribution in [0.5, 0.6) is 5.75 Å². The highest BCUT2D eigenvalue weighted by Gasteiger charge is 2.42. The summed E-state index contributed by atoms with van der Waals surface area (Å²) in [5, 5.41) is 0. The molecular formula is C11H8ClF6NO3. The summed E-state index contributed by atoms with van der Waals surface area (Å²) in [6.07, 6.45) is -10.6. The van der Waals surface area contributed by atoms with Gasteiger partial charge in [-0.2, -0.15) is 13.2 Å². The van der Waals surface area contributed by atoms with Crippen molar-refractivity contribution in [2.24, 2.45) is 0 Å². The van der Waals surface area contributed by atoms with Gasteiger partial charge in [-0.1, -0.05) is 0 Å². The maximum atomic E-state index is 12.8. The summed E-state index contributed by atoms with van der Waals surface area (Å²) < 4.78 is 82.7. The first-order chi connectivity index (χ1) is 9.99. The highest BCUT2D eigenvalue weighted by atomic mass is 35.5. The molecule has 0 saturated heterocycles. The van der Waals surface area contributed by atoms with Gasteiger partial charge >= 0.3 is 18.5 Å². The van der Waals surface area contributed by atoms with E-state index in [1.54, 1.807) is 0 Å². The van der Waals surface area contributed by atoms with Crippen molar-refractivity contribution in [2.45, 2.75) is 25.3 Å². The Morgan fingerprint density at radius 2 is 1.86 bits per heavy atom. The molecule has 0 aliphatic rings. The fourth-order valence-corrected chi connectivity index (χ4v) is 1.63. The highest BCUT2D eigenvalue weighted by molar-refractivity contribution is 6.17. The second kappa shape index (κ2) is 6.59. The number of esters is 1. The standard InChI is InChI=1S/C11H8ClF6NO3/c1-2-21-9(20)5-3-7(22-11(16,17)18)8(10(13,14)15)19-6(5)4-12/h3H,2,4H2,1H3. The van der Waals surface area contributed by atoms with Gasteiger partial charge < -0.3 is 9.47 Å². The van der Waals surface area contributed by atoms with Crippen molar-refractivity contribution >= 4 is 17.6 Å². The van der Waals surface area contributed by atoms with Crippen molar-refractivity contribution < 1.29 is 40.6 Å². The zero-order valence-corrected chi connectivity index (χ0v) is 11.6. The first kappa shape index (κ1) is 18.3. The Bertz CT molecular complexity index is 558. The lowest BCUT2D eigenvalue weighted by atomic mass is 10.1. The van der Waals surface area contributed by atoms with Crippen molar-refractivity contribution in [2.75, 3.05) is 6.61 Å². The van der Waals surface area contributed by atoms with E-state index < -0.39 is 47.1 Å². The maximum absolute atomic E-state index is 12.8.